The van der Waals surface area contributed by atoms with Gasteiger partial charge >= 0.3 is 0 Å². The average Bonchev–Trinajstić information content (AvgIpc) is 2.64. The molecule has 0 aliphatic heterocycles. The minimum Gasteiger partial charge on any atom is -0.507 e. The number of carbonyl (C=O) groups is 3. The van der Waals surface area contributed by atoms with Crippen LogP contribution in [0.15, 0.2) is 48.5 Å². The van der Waals surface area contributed by atoms with Gasteiger partial charge in [-0.15, -0.1) is 0 Å². The number of carbonyl (C=O) groups excluding carboxylic acids is 3. The second-order valence-corrected chi connectivity index (χ2v) is 6.47. The molecular formula is C20H23N3O4. The molecule has 4 N–H and O–H groups in total. The predicted octanol–water partition coefficient (Wildman–Crippen LogP) is 1.92. The summed E-state index contributed by atoms with van der Waals surface area (Å²) >= 11 is 0. The number of para-hydroxylation sites is 1. The molecule has 0 aliphatic carbocycles. The summed E-state index contributed by atoms with van der Waals surface area (Å²) < 4.78 is 0. The van der Waals surface area contributed by atoms with Crippen LogP contribution in [0.3, 0.4) is 0 Å². The van der Waals surface area contributed by atoms with Crippen molar-refractivity contribution in [2.24, 2.45) is 5.92 Å². The van der Waals surface area contributed by atoms with Gasteiger partial charge in [0.1, 0.15) is 11.8 Å². The second-order valence-electron chi connectivity index (χ2n) is 6.47. The number of aryl methyl sites for hydroxylation is 1. The molecule has 0 radical (unpaired) electrons. The summed E-state index contributed by atoms with van der Waals surface area (Å²) in [7, 11) is 0. The lowest BCUT2D eigenvalue weighted by Crippen LogP contribution is -2.54. The zero-order valence-electron chi connectivity index (χ0n) is 15.4. The van der Waals surface area contributed by atoms with E-state index in [1.807, 2.05) is 19.1 Å². The predicted molar refractivity (Wildman–Crippen MR) is 101 cm³/mol. The van der Waals surface area contributed by atoms with E-state index >= 15 is 0 Å². The fraction of sp³-hybridized carbons (Fsp3) is 0.250. The molecule has 0 fully saturated rings. The minimum atomic E-state index is -0.846. The molecule has 2 aromatic carbocycles. The summed E-state index contributed by atoms with van der Waals surface area (Å²) in [6.45, 7) is 5.38. The maximum atomic E-state index is 12.5. The molecule has 0 bridgehead atoms. The fourth-order valence-electron chi connectivity index (χ4n) is 2.51. The molecule has 2 aromatic rings. The van der Waals surface area contributed by atoms with Crippen LogP contribution in [0.1, 0.15) is 40.1 Å². The number of phenolic OH excluding ortho intramolecular Hbond substituents is 1. The summed E-state index contributed by atoms with van der Waals surface area (Å²) in [6.07, 6.45) is 0. The highest BCUT2D eigenvalue weighted by Crippen LogP contribution is 2.14. The number of rotatable bonds is 5. The van der Waals surface area contributed by atoms with Crippen molar-refractivity contribution in [3.8, 4) is 5.75 Å². The lowest BCUT2D eigenvalue weighted by molar-refractivity contribution is -0.124. The van der Waals surface area contributed by atoms with Crippen LogP contribution in [0, 0.1) is 12.8 Å². The third-order valence-corrected chi connectivity index (χ3v) is 4.07. The van der Waals surface area contributed by atoms with E-state index in [-0.39, 0.29) is 23.1 Å². The van der Waals surface area contributed by atoms with Gasteiger partial charge < -0.3 is 10.4 Å². The first-order valence-electron chi connectivity index (χ1n) is 8.56. The summed E-state index contributed by atoms with van der Waals surface area (Å²) in [5, 5.41) is 12.4. The zero-order chi connectivity index (χ0) is 20.0. The lowest BCUT2D eigenvalue weighted by atomic mass is 10.0. The monoisotopic (exact) mass is 369 g/mol. The van der Waals surface area contributed by atoms with E-state index in [4.69, 9.17) is 0 Å². The van der Waals surface area contributed by atoms with Crippen molar-refractivity contribution in [3.63, 3.8) is 0 Å². The number of aromatic hydroxyl groups is 1. The number of hydrogen-bond acceptors (Lipinski definition) is 4. The van der Waals surface area contributed by atoms with Crippen LogP contribution >= 0.6 is 0 Å². The van der Waals surface area contributed by atoms with Crippen LogP contribution in [0.4, 0.5) is 0 Å². The molecule has 1 atom stereocenters. The van der Waals surface area contributed by atoms with Crippen LogP contribution in [0.5, 0.6) is 5.75 Å². The van der Waals surface area contributed by atoms with Gasteiger partial charge in [0.05, 0.1) is 5.56 Å². The largest absolute Gasteiger partial charge is 0.507 e. The van der Waals surface area contributed by atoms with E-state index in [1.54, 1.807) is 38.1 Å². The first kappa shape index (κ1) is 20.0. The summed E-state index contributed by atoms with van der Waals surface area (Å²) in [5.41, 5.74) is 5.85. The standard InChI is InChI=1S/C20H23N3O4/c1-12(2)17(21-18(25)14-9-5-4-8-13(14)3)20(27)23-22-19(26)15-10-6-7-11-16(15)24/h4-12,17,24H,1-3H3,(H,21,25)(H,22,26)(H,23,27)/t17-/m0/s1. The van der Waals surface area contributed by atoms with Crippen LogP contribution in [-0.4, -0.2) is 28.9 Å². The van der Waals surface area contributed by atoms with Gasteiger partial charge in [-0.1, -0.05) is 44.2 Å². The van der Waals surface area contributed by atoms with Crippen molar-refractivity contribution in [3.05, 3.63) is 65.2 Å². The first-order chi connectivity index (χ1) is 12.8. The maximum Gasteiger partial charge on any atom is 0.273 e. The number of hydrazine groups is 1. The van der Waals surface area contributed by atoms with Crippen LogP contribution in [0.25, 0.3) is 0 Å². The molecule has 2 rings (SSSR count). The minimum absolute atomic E-state index is 0.0304. The Morgan fingerprint density at radius 3 is 2.04 bits per heavy atom. The molecule has 0 spiro atoms. The van der Waals surface area contributed by atoms with Crippen molar-refractivity contribution in [1.29, 1.82) is 0 Å². The van der Waals surface area contributed by atoms with Crippen LogP contribution in [-0.2, 0) is 4.79 Å². The van der Waals surface area contributed by atoms with Crippen molar-refractivity contribution >= 4 is 17.7 Å². The Morgan fingerprint density at radius 1 is 0.852 bits per heavy atom. The number of benzene rings is 2. The molecule has 7 heteroatoms. The van der Waals surface area contributed by atoms with E-state index in [1.165, 1.54) is 12.1 Å². The Bertz CT molecular complexity index is 849. The van der Waals surface area contributed by atoms with Gasteiger partial charge in [0, 0.05) is 5.56 Å². The van der Waals surface area contributed by atoms with Gasteiger partial charge in [-0.3, -0.25) is 25.2 Å². The Morgan fingerprint density at radius 2 is 1.44 bits per heavy atom. The van der Waals surface area contributed by atoms with Crippen molar-refractivity contribution in [1.82, 2.24) is 16.2 Å². The summed E-state index contributed by atoms with van der Waals surface area (Å²) in [6, 6.07) is 12.2. The molecule has 0 aliphatic rings. The average molecular weight is 369 g/mol. The van der Waals surface area contributed by atoms with Gasteiger partial charge in [-0.25, -0.2) is 0 Å². The first-order valence-corrected chi connectivity index (χ1v) is 8.56. The third-order valence-electron chi connectivity index (χ3n) is 4.07. The van der Waals surface area contributed by atoms with E-state index in [9.17, 15) is 19.5 Å². The van der Waals surface area contributed by atoms with Crippen molar-refractivity contribution in [2.45, 2.75) is 26.8 Å². The number of hydrogen-bond donors (Lipinski definition) is 4. The quantitative estimate of drug-likeness (QED) is 0.604. The Hall–Kier alpha value is -3.35. The normalized spacial score (nSPS) is 11.6. The summed E-state index contributed by atoms with van der Waals surface area (Å²) in [5.74, 6) is -1.99. The van der Waals surface area contributed by atoms with Crippen molar-refractivity contribution < 1.29 is 19.5 Å². The van der Waals surface area contributed by atoms with E-state index < -0.39 is 17.9 Å². The van der Waals surface area contributed by atoms with Gasteiger partial charge in [-0.05, 0) is 36.6 Å². The van der Waals surface area contributed by atoms with Crippen LogP contribution in [0.2, 0.25) is 0 Å². The molecular weight excluding hydrogens is 346 g/mol. The topological polar surface area (TPSA) is 108 Å². The highest BCUT2D eigenvalue weighted by Gasteiger charge is 2.25. The molecule has 7 nitrogen and oxygen atoms in total. The lowest BCUT2D eigenvalue weighted by Gasteiger charge is -2.22. The third kappa shape index (κ3) is 5.07. The van der Waals surface area contributed by atoms with Gasteiger partial charge in [0.15, 0.2) is 0 Å². The van der Waals surface area contributed by atoms with Gasteiger partial charge in [-0.2, -0.15) is 0 Å². The molecule has 0 saturated heterocycles. The number of nitrogens with one attached hydrogen (secondary N) is 3. The molecule has 0 saturated carbocycles. The summed E-state index contributed by atoms with van der Waals surface area (Å²) in [4.78, 5) is 37.0. The fourth-order valence-corrected chi connectivity index (χ4v) is 2.51. The Kier molecular flexibility index (Phi) is 6.54. The van der Waals surface area contributed by atoms with E-state index in [2.05, 4.69) is 16.2 Å². The van der Waals surface area contributed by atoms with E-state index in [0.717, 1.165) is 5.56 Å². The maximum absolute atomic E-state index is 12.5. The van der Waals surface area contributed by atoms with E-state index in [0.29, 0.717) is 5.56 Å². The molecule has 27 heavy (non-hydrogen) atoms. The number of amides is 3. The smallest absolute Gasteiger partial charge is 0.273 e. The molecule has 142 valence electrons. The highest BCUT2D eigenvalue weighted by atomic mass is 16.3. The van der Waals surface area contributed by atoms with Crippen molar-refractivity contribution in [2.75, 3.05) is 0 Å². The molecule has 0 unspecified atom stereocenters. The Balaban J connectivity index is 2.03. The molecule has 0 aromatic heterocycles. The molecule has 3 amide bonds. The molecule has 0 heterocycles. The Labute approximate surface area is 157 Å². The zero-order valence-corrected chi connectivity index (χ0v) is 15.4. The SMILES string of the molecule is Cc1ccccc1C(=O)N[C@H](C(=O)NNC(=O)c1ccccc1O)C(C)C. The van der Waals surface area contributed by atoms with Gasteiger partial charge in [0.2, 0.25) is 0 Å². The van der Waals surface area contributed by atoms with Crippen LogP contribution < -0.4 is 16.2 Å². The second kappa shape index (κ2) is 8.84. The highest BCUT2D eigenvalue weighted by molar-refractivity contribution is 6.00. The number of phenols is 1. The van der Waals surface area contributed by atoms with Gasteiger partial charge in [0.25, 0.3) is 17.7 Å².